The van der Waals surface area contributed by atoms with Gasteiger partial charge in [-0.25, -0.2) is 17.5 Å². The van der Waals surface area contributed by atoms with Crippen LogP contribution in [0.25, 0.3) is 0 Å². The second kappa shape index (κ2) is 8.24. The van der Waals surface area contributed by atoms with Crippen LogP contribution in [-0.2, 0) is 14.6 Å². The van der Waals surface area contributed by atoms with Crippen molar-refractivity contribution in [2.45, 2.75) is 73.2 Å². The average Bonchev–Trinajstić information content (AvgIpc) is 3.19. The minimum atomic E-state index is -4.09. The van der Waals surface area contributed by atoms with Crippen LogP contribution in [0.4, 0.5) is 10.2 Å². The van der Waals surface area contributed by atoms with Crippen molar-refractivity contribution in [2.75, 3.05) is 11.4 Å². The Morgan fingerprint density at radius 2 is 2.06 bits per heavy atom. The van der Waals surface area contributed by atoms with Gasteiger partial charge in [-0.05, 0) is 63.6 Å². The van der Waals surface area contributed by atoms with Crippen molar-refractivity contribution in [1.29, 1.82) is 5.26 Å². The number of anilines is 1. The third kappa shape index (κ3) is 3.95. The highest BCUT2D eigenvalue weighted by molar-refractivity contribution is 7.92. The number of nitrogens with zero attached hydrogens (tertiary/aromatic N) is 4. The quantitative estimate of drug-likeness (QED) is 0.645. The van der Waals surface area contributed by atoms with Gasteiger partial charge in [0.1, 0.15) is 28.1 Å². The molecule has 3 fully saturated rings. The standard InChI is InChI=1S/C23H25ClFN5O3S/c1-14-9-21(30(28-14)16-3-2-4-16)29-12-17(11-19(29)22(31)27-23(13-26)7-8-23)34(32,33)20-6-5-15(24)10-18(20)25/h5-6,9-10,16-17,19H,2-4,7-8,11-12H2,1H3,(H,27,31)/t17-,19+/m1/s1. The number of hydrogen-bond acceptors (Lipinski definition) is 6. The molecule has 1 amide bonds. The zero-order valence-corrected chi connectivity index (χ0v) is 20.2. The van der Waals surface area contributed by atoms with E-state index in [2.05, 4.69) is 16.5 Å². The second-order valence-electron chi connectivity index (χ2n) is 9.50. The monoisotopic (exact) mass is 505 g/mol. The number of carbonyl (C=O) groups is 1. The Kier molecular flexibility index (Phi) is 5.60. The highest BCUT2D eigenvalue weighted by atomic mass is 35.5. The molecule has 11 heteroatoms. The lowest BCUT2D eigenvalue weighted by molar-refractivity contribution is -0.122. The Hall–Kier alpha value is -2.64. The van der Waals surface area contributed by atoms with E-state index in [9.17, 15) is 22.9 Å². The number of rotatable bonds is 6. The molecule has 34 heavy (non-hydrogen) atoms. The molecule has 2 aromatic rings. The molecule has 1 saturated heterocycles. The second-order valence-corrected chi connectivity index (χ2v) is 12.1. The van der Waals surface area contributed by atoms with E-state index >= 15 is 0 Å². The first-order valence-corrected chi connectivity index (χ1v) is 13.3. The van der Waals surface area contributed by atoms with E-state index in [1.54, 1.807) is 4.90 Å². The van der Waals surface area contributed by atoms with Gasteiger partial charge in [0.05, 0.1) is 23.1 Å². The molecule has 3 aliphatic rings. The smallest absolute Gasteiger partial charge is 0.244 e. The van der Waals surface area contributed by atoms with Gasteiger partial charge in [-0.1, -0.05) is 11.6 Å². The van der Waals surface area contributed by atoms with Gasteiger partial charge in [0, 0.05) is 17.6 Å². The maximum atomic E-state index is 14.6. The Morgan fingerprint density at radius 3 is 2.65 bits per heavy atom. The van der Waals surface area contributed by atoms with Crippen LogP contribution in [0.15, 0.2) is 29.2 Å². The first-order chi connectivity index (χ1) is 16.1. The van der Waals surface area contributed by atoms with E-state index in [1.807, 2.05) is 17.7 Å². The molecule has 2 aliphatic carbocycles. The van der Waals surface area contributed by atoms with Crippen LogP contribution in [0.2, 0.25) is 5.02 Å². The van der Waals surface area contributed by atoms with Gasteiger partial charge in [0.15, 0.2) is 9.84 Å². The van der Waals surface area contributed by atoms with E-state index in [1.165, 1.54) is 12.1 Å². The molecule has 0 bridgehead atoms. The van der Waals surface area contributed by atoms with Crippen molar-refractivity contribution in [3.05, 3.63) is 40.8 Å². The fourth-order valence-corrected chi connectivity index (χ4v) is 6.63. The van der Waals surface area contributed by atoms with Gasteiger partial charge in [0.2, 0.25) is 5.91 Å². The predicted molar refractivity (Wildman–Crippen MR) is 124 cm³/mol. The van der Waals surface area contributed by atoms with Crippen LogP contribution in [0.1, 0.15) is 50.3 Å². The Morgan fingerprint density at radius 1 is 1.32 bits per heavy atom. The van der Waals surface area contributed by atoms with E-state index in [0.29, 0.717) is 18.7 Å². The fourth-order valence-electron chi connectivity index (χ4n) is 4.74. The van der Waals surface area contributed by atoms with Crippen LogP contribution in [0, 0.1) is 24.1 Å². The highest BCUT2D eigenvalue weighted by Crippen LogP contribution is 2.40. The summed E-state index contributed by atoms with van der Waals surface area (Å²) in [5, 5.41) is 15.9. The summed E-state index contributed by atoms with van der Waals surface area (Å²) < 4.78 is 43.3. The molecule has 0 unspecified atom stereocenters. The van der Waals surface area contributed by atoms with Crippen LogP contribution in [0.3, 0.4) is 0 Å². The number of halogens is 2. The molecular formula is C23H25ClFN5O3S. The lowest BCUT2D eigenvalue weighted by atomic mass is 9.93. The molecule has 1 aromatic heterocycles. The molecule has 2 heterocycles. The first-order valence-electron chi connectivity index (χ1n) is 11.4. The number of carbonyl (C=O) groups excluding carboxylic acids is 1. The lowest BCUT2D eigenvalue weighted by Gasteiger charge is -2.32. The van der Waals surface area contributed by atoms with Gasteiger partial charge in [0.25, 0.3) is 0 Å². The summed E-state index contributed by atoms with van der Waals surface area (Å²) in [5.74, 6) is -0.630. The molecule has 0 spiro atoms. The third-order valence-electron chi connectivity index (χ3n) is 7.08. The zero-order valence-electron chi connectivity index (χ0n) is 18.7. The molecule has 180 valence electrons. The minimum Gasteiger partial charge on any atom is -0.343 e. The Labute approximate surface area is 202 Å². The summed E-state index contributed by atoms with van der Waals surface area (Å²) in [7, 11) is -4.09. The average molecular weight is 506 g/mol. The van der Waals surface area contributed by atoms with Crippen LogP contribution >= 0.6 is 11.6 Å². The predicted octanol–water partition coefficient (Wildman–Crippen LogP) is 3.30. The van der Waals surface area contributed by atoms with E-state index < -0.39 is 43.3 Å². The van der Waals surface area contributed by atoms with E-state index in [4.69, 9.17) is 11.6 Å². The number of aromatic nitrogens is 2. The van der Waals surface area contributed by atoms with Crippen LogP contribution in [0.5, 0.6) is 0 Å². The SMILES string of the molecule is Cc1cc(N2C[C@H](S(=O)(=O)c3ccc(Cl)cc3F)C[C@H]2C(=O)NC2(C#N)CC2)n(C2CCC2)n1. The van der Waals surface area contributed by atoms with Gasteiger partial charge in [-0.15, -0.1) is 0 Å². The van der Waals surface area contributed by atoms with Crippen molar-refractivity contribution < 1.29 is 17.6 Å². The van der Waals surface area contributed by atoms with Gasteiger partial charge in [-0.3, -0.25) is 4.79 Å². The van der Waals surface area contributed by atoms with Crippen LogP contribution < -0.4 is 10.2 Å². The minimum absolute atomic E-state index is 0.0138. The number of nitriles is 1. The summed E-state index contributed by atoms with van der Waals surface area (Å²) in [5.41, 5.74) is -0.113. The molecule has 2 atom stereocenters. The Bertz CT molecular complexity index is 1300. The normalized spacial score (nSPS) is 23.9. The Balaban J connectivity index is 1.51. The van der Waals surface area contributed by atoms with Crippen molar-refractivity contribution in [1.82, 2.24) is 15.1 Å². The fraction of sp³-hybridized carbons (Fsp3) is 0.522. The summed E-state index contributed by atoms with van der Waals surface area (Å²) in [6.07, 6.45) is 4.14. The topological polar surface area (TPSA) is 108 Å². The number of amides is 1. The number of nitrogens with one attached hydrogen (secondary N) is 1. The van der Waals surface area contributed by atoms with Gasteiger partial charge in [-0.2, -0.15) is 10.4 Å². The number of sulfone groups is 1. The molecule has 1 aromatic carbocycles. The van der Waals surface area contributed by atoms with Gasteiger partial charge >= 0.3 is 0 Å². The molecule has 8 nitrogen and oxygen atoms in total. The van der Waals surface area contributed by atoms with E-state index in [-0.39, 0.29) is 24.0 Å². The summed E-state index contributed by atoms with van der Waals surface area (Å²) in [6.45, 7) is 1.87. The summed E-state index contributed by atoms with van der Waals surface area (Å²) in [6, 6.07) is 6.86. The van der Waals surface area contributed by atoms with Crippen LogP contribution in [-0.4, -0.2) is 47.5 Å². The third-order valence-corrected chi connectivity index (χ3v) is 9.48. The summed E-state index contributed by atoms with van der Waals surface area (Å²) >= 11 is 5.81. The zero-order chi connectivity index (χ0) is 24.3. The lowest BCUT2D eigenvalue weighted by Crippen LogP contribution is -2.48. The molecular weight excluding hydrogens is 481 g/mol. The first kappa shape index (κ1) is 23.1. The summed E-state index contributed by atoms with van der Waals surface area (Å²) in [4.78, 5) is 14.6. The number of aryl methyl sites for hydroxylation is 1. The van der Waals surface area contributed by atoms with Crippen molar-refractivity contribution >= 4 is 33.2 Å². The highest BCUT2D eigenvalue weighted by Gasteiger charge is 2.50. The van der Waals surface area contributed by atoms with Crippen molar-refractivity contribution in [3.8, 4) is 6.07 Å². The molecule has 2 saturated carbocycles. The number of benzene rings is 1. The van der Waals surface area contributed by atoms with Crippen molar-refractivity contribution in [3.63, 3.8) is 0 Å². The number of hydrogen-bond donors (Lipinski definition) is 1. The van der Waals surface area contributed by atoms with E-state index in [0.717, 1.165) is 31.0 Å². The molecule has 0 radical (unpaired) electrons. The molecule has 1 aliphatic heterocycles. The van der Waals surface area contributed by atoms with Crippen molar-refractivity contribution in [2.24, 2.45) is 0 Å². The molecule has 5 rings (SSSR count). The largest absolute Gasteiger partial charge is 0.343 e. The maximum absolute atomic E-state index is 14.6. The maximum Gasteiger partial charge on any atom is 0.244 e. The van der Waals surface area contributed by atoms with Gasteiger partial charge < -0.3 is 10.2 Å². The molecule has 1 N–H and O–H groups in total.